The molecule has 0 unspecified atom stereocenters. The number of rotatable bonds is 3. The van der Waals surface area contributed by atoms with Crippen LogP contribution in [0.25, 0.3) is 0 Å². The third-order valence-electron chi connectivity index (χ3n) is 1.57. The van der Waals surface area contributed by atoms with E-state index in [4.69, 9.17) is 5.11 Å². The average molecular weight is 378 g/mol. The third-order valence-corrected chi connectivity index (χ3v) is 2.34. The van der Waals surface area contributed by atoms with Gasteiger partial charge in [-0.2, -0.15) is 0 Å². The molecule has 7 nitrogen and oxygen atoms in total. The average Bonchev–Trinajstić information content (AvgIpc) is 2.17. The molecular formula is C7H2F3IN2O5. The lowest BCUT2D eigenvalue weighted by Crippen LogP contribution is -2.21. The molecule has 11 heteroatoms. The zero-order chi connectivity index (χ0) is 14.1. The molecule has 0 aliphatic heterocycles. The standard InChI is InChI=1S/C7H2F3IN2O5/c8-7(9,10)18-4-2(11)1-12-5(13(16)17)3(4)6(14)15/h1H,(H,14,15). The summed E-state index contributed by atoms with van der Waals surface area (Å²) in [6.07, 6.45) is -4.45. The summed E-state index contributed by atoms with van der Waals surface area (Å²) in [5.74, 6) is -4.31. The van der Waals surface area contributed by atoms with Crippen LogP contribution in [0.2, 0.25) is 0 Å². The van der Waals surface area contributed by atoms with E-state index in [0.717, 1.165) is 0 Å². The number of alkyl halides is 3. The van der Waals surface area contributed by atoms with Gasteiger partial charge in [0.05, 0.1) is 0 Å². The second kappa shape index (κ2) is 4.91. The molecule has 0 bridgehead atoms. The number of carboxylic acids is 1. The van der Waals surface area contributed by atoms with Crippen molar-refractivity contribution >= 4 is 34.4 Å². The highest BCUT2D eigenvalue weighted by Gasteiger charge is 2.38. The minimum Gasteiger partial charge on any atom is -0.477 e. The lowest BCUT2D eigenvalue weighted by atomic mass is 10.2. The summed E-state index contributed by atoms with van der Waals surface area (Å²) in [4.78, 5) is 23.2. The van der Waals surface area contributed by atoms with Gasteiger partial charge in [-0.25, -0.2) is 4.79 Å². The quantitative estimate of drug-likeness (QED) is 0.492. The summed E-state index contributed by atoms with van der Waals surface area (Å²) < 4.78 is 39.4. The van der Waals surface area contributed by atoms with Gasteiger partial charge in [0.1, 0.15) is 3.57 Å². The van der Waals surface area contributed by atoms with Gasteiger partial charge in [-0.1, -0.05) is 0 Å². The molecule has 0 amide bonds. The van der Waals surface area contributed by atoms with Gasteiger partial charge in [-0.05, 0) is 32.5 Å². The predicted octanol–water partition coefficient (Wildman–Crippen LogP) is 2.19. The van der Waals surface area contributed by atoms with Crippen LogP contribution in [-0.2, 0) is 0 Å². The molecule has 1 N–H and O–H groups in total. The van der Waals surface area contributed by atoms with Crippen molar-refractivity contribution in [3.8, 4) is 5.75 Å². The van der Waals surface area contributed by atoms with Gasteiger partial charge in [0.25, 0.3) is 0 Å². The van der Waals surface area contributed by atoms with Gasteiger partial charge in [0.15, 0.2) is 11.9 Å². The first-order chi connectivity index (χ1) is 8.13. The van der Waals surface area contributed by atoms with Crippen molar-refractivity contribution in [1.82, 2.24) is 4.98 Å². The van der Waals surface area contributed by atoms with Crippen LogP contribution in [0.4, 0.5) is 19.0 Å². The third kappa shape index (κ3) is 3.18. The maximum Gasteiger partial charge on any atom is 0.573 e. The van der Waals surface area contributed by atoms with E-state index in [1.54, 1.807) is 0 Å². The van der Waals surface area contributed by atoms with E-state index in [1.807, 2.05) is 0 Å². The molecule has 18 heavy (non-hydrogen) atoms. The number of ether oxygens (including phenoxy) is 1. The number of aromatic nitrogens is 1. The van der Waals surface area contributed by atoms with E-state index in [-0.39, 0.29) is 3.57 Å². The smallest absolute Gasteiger partial charge is 0.477 e. The Morgan fingerprint density at radius 3 is 2.50 bits per heavy atom. The Morgan fingerprint density at radius 1 is 1.56 bits per heavy atom. The van der Waals surface area contributed by atoms with Crippen LogP contribution in [0, 0.1) is 13.7 Å². The van der Waals surface area contributed by atoms with Crippen molar-refractivity contribution in [3.05, 3.63) is 25.4 Å². The number of hydrogen-bond donors (Lipinski definition) is 1. The topological polar surface area (TPSA) is 103 Å². The number of hydrogen-bond acceptors (Lipinski definition) is 5. The van der Waals surface area contributed by atoms with Crippen LogP contribution in [0.1, 0.15) is 10.4 Å². The maximum atomic E-state index is 12.1. The van der Waals surface area contributed by atoms with Crippen molar-refractivity contribution in [2.24, 2.45) is 0 Å². The lowest BCUT2D eigenvalue weighted by Gasteiger charge is -2.11. The van der Waals surface area contributed by atoms with E-state index in [0.29, 0.717) is 6.20 Å². The first kappa shape index (κ1) is 14.4. The molecule has 0 spiro atoms. The number of nitrogens with zero attached hydrogens (tertiary/aromatic N) is 2. The first-order valence-corrected chi connectivity index (χ1v) is 5.03. The summed E-state index contributed by atoms with van der Waals surface area (Å²) >= 11 is 1.33. The fourth-order valence-electron chi connectivity index (χ4n) is 1.01. The van der Waals surface area contributed by atoms with Crippen LogP contribution < -0.4 is 4.74 Å². The molecule has 0 saturated carbocycles. The Labute approximate surface area is 110 Å². The molecule has 1 aromatic heterocycles. The molecular weight excluding hydrogens is 376 g/mol. The number of halogens is 4. The number of aromatic carboxylic acids is 1. The molecule has 98 valence electrons. The summed E-state index contributed by atoms with van der Waals surface area (Å²) in [7, 11) is 0. The molecule has 1 rings (SSSR count). The largest absolute Gasteiger partial charge is 0.573 e. The number of nitro groups is 1. The molecule has 0 atom stereocenters. The van der Waals surface area contributed by atoms with Crippen LogP contribution in [0.15, 0.2) is 6.20 Å². The molecule has 0 fully saturated rings. The van der Waals surface area contributed by atoms with Crippen LogP contribution in [0.3, 0.4) is 0 Å². The van der Waals surface area contributed by atoms with Gasteiger partial charge in [0.2, 0.25) is 5.56 Å². The lowest BCUT2D eigenvalue weighted by molar-refractivity contribution is -0.390. The van der Waals surface area contributed by atoms with E-state index in [1.165, 1.54) is 22.6 Å². The molecule has 0 aromatic carbocycles. The maximum absolute atomic E-state index is 12.1. The Hall–Kier alpha value is -1.66. The van der Waals surface area contributed by atoms with Gasteiger partial charge >= 0.3 is 18.1 Å². The fraction of sp³-hybridized carbons (Fsp3) is 0.143. The normalized spacial score (nSPS) is 11.1. The minimum absolute atomic E-state index is 0.312. The second-order valence-electron chi connectivity index (χ2n) is 2.74. The molecule has 1 heterocycles. The number of carbonyl (C=O) groups is 1. The highest BCUT2D eigenvalue weighted by molar-refractivity contribution is 14.1. The highest BCUT2D eigenvalue weighted by Crippen LogP contribution is 2.34. The van der Waals surface area contributed by atoms with Gasteiger partial charge in [-0.3, -0.25) is 0 Å². The van der Waals surface area contributed by atoms with E-state index in [9.17, 15) is 28.1 Å². The summed E-state index contributed by atoms with van der Waals surface area (Å²) in [6.45, 7) is 0. The summed E-state index contributed by atoms with van der Waals surface area (Å²) in [5.41, 5.74) is -1.25. The van der Waals surface area contributed by atoms with Gasteiger partial charge in [-0.15, -0.1) is 13.2 Å². The molecule has 0 radical (unpaired) electrons. The molecule has 0 aliphatic carbocycles. The van der Waals surface area contributed by atoms with E-state index < -0.39 is 34.4 Å². The monoisotopic (exact) mass is 378 g/mol. The molecule has 0 aliphatic rings. The Morgan fingerprint density at radius 2 is 2.11 bits per heavy atom. The number of carboxylic acid groups (broad SMARTS) is 1. The van der Waals surface area contributed by atoms with Gasteiger partial charge < -0.3 is 20.0 Å². The molecule has 0 saturated heterocycles. The highest BCUT2D eigenvalue weighted by atomic mass is 127. The number of pyridine rings is 1. The zero-order valence-corrected chi connectivity index (χ0v) is 10.2. The minimum atomic E-state index is -5.17. The fourth-order valence-corrected chi connectivity index (χ4v) is 1.53. The first-order valence-electron chi connectivity index (χ1n) is 3.95. The van der Waals surface area contributed by atoms with Crippen LogP contribution in [-0.4, -0.2) is 27.3 Å². The predicted molar refractivity (Wildman–Crippen MR) is 57.3 cm³/mol. The van der Waals surface area contributed by atoms with Crippen molar-refractivity contribution in [2.45, 2.75) is 6.36 Å². The second-order valence-corrected chi connectivity index (χ2v) is 3.91. The Bertz CT molecular complexity index is 519. The van der Waals surface area contributed by atoms with Crippen molar-refractivity contribution in [1.29, 1.82) is 0 Å². The van der Waals surface area contributed by atoms with E-state index >= 15 is 0 Å². The zero-order valence-electron chi connectivity index (χ0n) is 8.06. The molecule has 1 aromatic rings. The van der Waals surface area contributed by atoms with Crippen LogP contribution in [0.5, 0.6) is 5.75 Å². The summed E-state index contributed by atoms with van der Waals surface area (Å²) in [5, 5.41) is 19.2. The Kier molecular flexibility index (Phi) is 3.93. The van der Waals surface area contributed by atoms with Crippen molar-refractivity contribution in [2.75, 3.05) is 0 Å². The van der Waals surface area contributed by atoms with Crippen molar-refractivity contribution < 1.29 is 32.7 Å². The van der Waals surface area contributed by atoms with Crippen LogP contribution >= 0.6 is 22.6 Å². The van der Waals surface area contributed by atoms with Gasteiger partial charge in [0, 0.05) is 0 Å². The van der Waals surface area contributed by atoms with E-state index in [2.05, 4.69) is 9.72 Å². The SMILES string of the molecule is O=C(O)c1c([N+](=O)[O-])ncc(I)c1OC(F)(F)F. The summed E-state index contributed by atoms with van der Waals surface area (Å²) in [6, 6.07) is 0. The Balaban J connectivity index is 3.51. The van der Waals surface area contributed by atoms with Crippen molar-refractivity contribution in [3.63, 3.8) is 0 Å².